The highest BCUT2D eigenvalue weighted by Crippen LogP contribution is 2.40. The average Bonchev–Trinajstić information content (AvgIpc) is 3.17. The first-order valence-electron chi connectivity index (χ1n) is 20.3. The Labute approximate surface area is 339 Å². The highest BCUT2D eigenvalue weighted by molar-refractivity contribution is 6.00. The monoisotopic (exact) mass is 797 g/mol. The van der Waals surface area contributed by atoms with E-state index in [1.165, 1.54) is 13.8 Å². The number of benzene rings is 1. The number of carbonyl (C=O) groups is 3. The molecule has 2 bridgehead atoms. The first-order chi connectivity index (χ1) is 26.7. The van der Waals surface area contributed by atoms with Gasteiger partial charge in [0, 0.05) is 43.3 Å². The fourth-order valence-electron chi connectivity index (χ4n) is 8.74. The summed E-state index contributed by atoms with van der Waals surface area (Å²) in [6.07, 6.45) is -1.10. The number of cyclic esters (lactones) is 1. The predicted octanol–water partition coefficient (Wildman–Crippen LogP) is 4.87. The number of ether oxygens (including phenoxy) is 5. The highest BCUT2D eigenvalue weighted by Gasteiger charge is 2.53. The summed E-state index contributed by atoms with van der Waals surface area (Å²) in [5, 5.41) is 27.4. The molecule has 13 atom stereocenters. The molecule has 3 heterocycles. The molecule has 1 amide bonds. The summed E-state index contributed by atoms with van der Waals surface area (Å²) in [4.78, 5) is 47.6. The number of nitrogens with one attached hydrogen (secondary N) is 1. The molecule has 3 fully saturated rings. The van der Waals surface area contributed by atoms with Crippen molar-refractivity contribution in [3.63, 3.8) is 0 Å². The summed E-state index contributed by atoms with van der Waals surface area (Å²) >= 11 is 0. The molecule has 57 heavy (non-hydrogen) atoms. The minimum atomic E-state index is -1.79. The molecule has 3 aliphatic heterocycles. The van der Waals surface area contributed by atoms with Crippen LogP contribution in [0.3, 0.4) is 0 Å². The Morgan fingerprint density at radius 1 is 1.09 bits per heavy atom. The number of likely N-dealkylation sites (N-methyl/N-ethyl adjacent to an activating group) is 1. The zero-order chi connectivity index (χ0) is 42.4. The number of aliphatic hydroxyl groups is 2. The molecule has 0 spiro atoms. The smallest absolute Gasteiger partial charge is 0.316 e. The number of nitrogens with zero attached hydrogens (tertiary/aromatic N) is 2. The van der Waals surface area contributed by atoms with E-state index in [0.29, 0.717) is 24.3 Å². The molecule has 13 nitrogen and oxygen atoms in total. The van der Waals surface area contributed by atoms with E-state index in [2.05, 4.69) is 16.9 Å². The van der Waals surface area contributed by atoms with Crippen molar-refractivity contribution in [2.24, 2.45) is 28.7 Å². The summed E-state index contributed by atoms with van der Waals surface area (Å²) < 4.78 is 32.7. The number of amides is 1. The lowest BCUT2D eigenvalue weighted by Crippen LogP contribution is -2.60. The van der Waals surface area contributed by atoms with E-state index in [4.69, 9.17) is 23.7 Å². The van der Waals surface area contributed by atoms with Crippen LogP contribution in [-0.2, 0) is 44.6 Å². The van der Waals surface area contributed by atoms with Crippen molar-refractivity contribution >= 4 is 29.4 Å². The Hall–Kier alpha value is -3.30. The van der Waals surface area contributed by atoms with Crippen molar-refractivity contribution in [1.29, 1.82) is 0 Å². The van der Waals surface area contributed by atoms with Gasteiger partial charge in [-0.2, -0.15) is 0 Å². The van der Waals surface area contributed by atoms with Gasteiger partial charge in [-0.15, -0.1) is 0 Å². The van der Waals surface area contributed by atoms with E-state index < -0.39 is 83.2 Å². The number of hydrogen-bond donors (Lipinski definition) is 3. The summed E-state index contributed by atoms with van der Waals surface area (Å²) in [7, 11) is 3.76. The molecule has 1 aromatic rings. The normalized spacial score (nSPS) is 38.9. The van der Waals surface area contributed by atoms with Crippen molar-refractivity contribution in [2.45, 2.75) is 142 Å². The van der Waals surface area contributed by atoms with Crippen LogP contribution in [0.5, 0.6) is 0 Å². The van der Waals surface area contributed by atoms with Crippen LogP contribution in [0, 0.1) is 23.7 Å². The van der Waals surface area contributed by atoms with Crippen LogP contribution in [0.2, 0.25) is 0 Å². The molecule has 318 valence electrons. The van der Waals surface area contributed by atoms with E-state index in [1.54, 1.807) is 26.8 Å². The van der Waals surface area contributed by atoms with Crippen LogP contribution in [-0.4, -0.2) is 120 Å². The van der Waals surface area contributed by atoms with Crippen molar-refractivity contribution < 1.29 is 48.3 Å². The van der Waals surface area contributed by atoms with E-state index >= 15 is 0 Å². The van der Waals surface area contributed by atoms with Gasteiger partial charge in [-0.3, -0.25) is 14.4 Å². The molecule has 3 saturated heterocycles. The molecular weight excluding hydrogens is 730 g/mol. The third-order valence-corrected chi connectivity index (χ3v) is 12.0. The third kappa shape index (κ3) is 11.1. The lowest BCUT2D eigenvalue weighted by Gasteiger charge is -2.47. The minimum Gasteiger partial charge on any atom is -0.459 e. The molecule has 5 unspecified atom stereocenters. The second-order valence-electron chi connectivity index (χ2n) is 17.0. The molecule has 1 aromatic carbocycles. The zero-order valence-electron chi connectivity index (χ0n) is 35.8. The standard InChI is InChI=1S/C44H67N3O10/c1-13-31-15-17-32(18-16-31)21-45-22-33-23-53-40-27(5)36(46-30(8)48)25(3)20-43(9,54-24-33)39(57-42-38(50)34(47(11)12)19-26(4)55-42)28(6)37(49)29(7)41(51)56-35(14-2)44(40,10)52/h13,15-18,22,25-29,34-35,38-40,42,45,50,52H,1,14,19-21,23-24H2,2-12H3/b33-22-,46-36?/t25?,26-,27?,28+,29-,34+,35+,38?,39?,40?,42+,43-,44-/m1/s1. The van der Waals surface area contributed by atoms with Crippen LogP contribution < -0.4 is 5.32 Å². The molecule has 0 saturated carbocycles. The van der Waals surface area contributed by atoms with Crippen LogP contribution in [0.1, 0.15) is 92.7 Å². The number of hydrogen-bond acceptors (Lipinski definition) is 12. The number of ketones is 1. The fourth-order valence-corrected chi connectivity index (χ4v) is 8.74. The van der Waals surface area contributed by atoms with Gasteiger partial charge in [0.15, 0.2) is 12.1 Å². The van der Waals surface area contributed by atoms with Crippen LogP contribution in [0.15, 0.2) is 47.6 Å². The molecule has 4 rings (SSSR count). The van der Waals surface area contributed by atoms with Gasteiger partial charge in [-0.25, -0.2) is 4.99 Å². The Kier molecular flexibility index (Phi) is 16.0. The summed E-state index contributed by atoms with van der Waals surface area (Å²) in [6.45, 7) is 19.7. The molecule has 3 N–H and O–H groups in total. The Bertz CT molecular complexity index is 1630. The minimum absolute atomic E-state index is 0.0152. The molecule has 0 aliphatic carbocycles. The SMILES string of the molecule is C=Cc1ccc(CN/C=C2/COC3C(C)C(=NC(C)=O)C(C)C[C@@](C)(OC2)C(O[C@@H]2O[C@H](C)C[C@H](N(C)C)C2O)[C@@H](C)C(=O)[C@@H](C)C(=O)O[C@@H](CC)[C@@]3(C)O)cc1. The van der Waals surface area contributed by atoms with Gasteiger partial charge < -0.3 is 44.1 Å². The number of esters is 1. The van der Waals surface area contributed by atoms with E-state index in [1.807, 2.05) is 77.2 Å². The number of fused-ring (bicyclic) bond motifs is 5. The molecular formula is C44H67N3O10. The Morgan fingerprint density at radius 2 is 1.75 bits per heavy atom. The maximum absolute atomic E-state index is 14.5. The fraction of sp³-hybridized carbons (Fsp3) is 0.682. The number of aliphatic hydroxyl groups excluding tert-OH is 1. The number of aliphatic imine (C=N–C) groups is 1. The van der Waals surface area contributed by atoms with Gasteiger partial charge in [0.1, 0.15) is 23.7 Å². The molecule has 0 aromatic heterocycles. The van der Waals surface area contributed by atoms with E-state index in [-0.39, 0.29) is 38.2 Å². The summed E-state index contributed by atoms with van der Waals surface area (Å²) in [5.41, 5.74) is 0.0701. The van der Waals surface area contributed by atoms with Crippen molar-refractivity contribution in [3.05, 3.63) is 53.7 Å². The van der Waals surface area contributed by atoms with Gasteiger partial charge in [0.05, 0.1) is 37.1 Å². The quantitative estimate of drug-likeness (QED) is 0.242. The second kappa shape index (κ2) is 19.6. The Balaban J connectivity index is 1.93. The third-order valence-electron chi connectivity index (χ3n) is 12.0. The number of carbonyl (C=O) groups excluding carboxylic acids is 3. The number of rotatable bonds is 8. The second-order valence-corrected chi connectivity index (χ2v) is 17.0. The molecule has 3 aliphatic rings. The topological polar surface area (TPSA) is 165 Å². The van der Waals surface area contributed by atoms with Gasteiger partial charge >= 0.3 is 5.97 Å². The molecule has 0 radical (unpaired) electrons. The lowest BCUT2D eigenvalue weighted by molar-refractivity contribution is -0.296. The largest absolute Gasteiger partial charge is 0.459 e. The first-order valence-corrected chi connectivity index (χ1v) is 20.3. The van der Waals surface area contributed by atoms with Gasteiger partial charge in [-0.05, 0) is 83.7 Å². The summed E-state index contributed by atoms with van der Waals surface area (Å²) in [5.74, 6) is -5.04. The van der Waals surface area contributed by atoms with Gasteiger partial charge in [0.2, 0.25) is 5.91 Å². The van der Waals surface area contributed by atoms with Crippen LogP contribution >= 0.6 is 0 Å². The summed E-state index contributed by atoms with van der Waals surface area (Å²) in [6, 6.07) is 7.69. The average molecular weight is 798 g/mol. The highest BCUT2D eigenvalue weighted by atomic mass is 16.7. The van der Waals surface area contributed by atoms with Crippen LogP contribution in [0.4, 0.5) is 0 Å². The predicted molar refractivity (Wildman–Crippen MR) is 218 cm³/mol. The van der Waals surface area contributed by atoms with Gasteiger partial charge in [-0.1, -0.05) is 64.6 Å². The maximum Gasteiger partial charge on any atom is 0.316 e. The maximum atomic E-state index is 14.5. The Morgan fingerprint density at radius 3 is 2.35 bits per heavy atom. The van der Waals surface area contributed by atoms with E-state index in [0.717, 1.165) is 11.1 Å². The van der Waals surface area contributed by atoms with Crippen molar-refractivity contribution in [3.8, 4) is 0 Å². The number of Topliss-reactive ketones (excluding diaryl/α,β-unsaturated/α-hetero) is 1. The molecule has 13 heteroatoms. The first kappa shape index (κ1) is 46.4. The van der Waals surface area contributed by atoms with E-state index in [9.17, 15) is 24.6 Å². The zero-order valence-corrected chi connectivity index (χ0v) is 35.8. The van der Waals surface area contributed by atoms with Gasteiger partial charge in [0.25, 0.3) is 0 Å². The lowest BCUT2D eigenvalue weighted by atomic mass is 9.73. The van der Waals surface area contributed by atoms with Crippen LogP contribution in [0.25, 0.3) is 6.08 Å². The van der Waals surface area contributed by atoms with Crippen molar-refractivity contribution in [1.82, 2.24) is 10.2 Å². The van der Waals surface area contributed by atoms with Crippen molar-refractivity contribution in [2.75, 3.05) is 27.3 Å².